The topological polar surface area (TPSA) is 64.4 Å². The quantitative estimate of drug-likeness (QED) is 0.288. The number of Topliss-reactive ketones (excluding diaryl/α,β-unsaturated/α-hetero) is 1. The molecule has 6 nitrogen and oxygen atoms in total. The highest BCUT2D eigenvalue weighted by molar-refractivity contribution is 7.98. The number of carbonyl (C=O) groups is 1. The maximum absolute atomic E-state index is 13.4. The van der Waals surface area contributed by atoms with Crippen LogP contribution in [0.2, 0.25) is 0 Å². The van der Waals surface area contributed by atoms with E-state index in [1.807, 2.05) is 41.0 Å². The molecule has 1 atom stereocenters. The summed E-state index contributed by atoms with van der Waals surface area (Å²) < 4.78 is 7.35. The molecule has 2 heterocycles. The second kappa shape index (κ2) is 9.88. The number of fused-ring (bicyclic) bond motifs is 1. The molecule has 0 saturated carbocycles. The number of benzene rings is 2. The number of para-hydroxylation sites is 1. The lowest BCUT2D eigenvalue weighted by molar-refractivity contribution is 0.101. The minimum absolute atomic E-state index is 0.00510. The van der Waals surface area contributed by atoms with Crippen molar-refractivity contribution in [3.05, 3.63) is 63.9 Å². The molecule has 0 aliphatic carbocycles. The number of rotatable bonds is 8. The van der Waals surface area contributed by atoms with Crippen LogP contribution >= 0.6 is 11.8 Å². The van der Waals surface area contributed by atoms with Gasteiger partial charge in [-0.2, -0.15) is 0 Å². The first-order valence-electron chi connectivity index (χ1n) is 11.1. The Balaban J connectivity index is 1.71. The Labute approximate surface area is 192 Å². The van der Waals surface area contributed by atoms with Gasteiger partial charge in [-0.05, 0) is 63.2 Å². The van der Waals surface area contributed by atoms with E-state index in [1.165, 1.54) is 11.8 Å². The molecular formula is C25H29N3O3S. The highest BCUT2D eigenvalue weighted by Gasteiger charge is 2.25. The molecule has 7 heteroatoms. The Morgan fingerprint density at radius 1 is 1.25 bits per heavy atom. The van der Waals surface area contributed by atoms with Crippen molar-refractivity contribution in [2.24, 2.45) is 0 Å². The van der Waals surface area contributed by atoms with Crippen molar-refractivity contribution in [2.75, 3.05) is 20.2 Å². The van der Waals surface area contributed by atoms with Crippen LogP contribution in [-0.2, 0) is 12.3 Å². The SMILES string of the molecule is CCN1CCCC1Cn1c(SCc2cc(C(C)=O)ccc2OC)nc2ccccc2c1=O. The fourth-order valence-corrected chi connectivity index (χ4v) is 5.39. The zero-order valence-corrected chi connectivity index (χ0v) is 19.7. The number of hydrogen-bond donors (Lipinski definition) is 0. The van der Waals surface area contributed by atoms with Crippen LogP contribution in [0.5, 0.6) is 5.75 Å². The smallest absolute Gasteiger partial charge is 0.262 e. The van der Waals surface area contributed by atoms with E-state index < -0.39 is 0 Å². The number of hydrogen-bond acceptors (Lipinski definition) is 6. The molecule has 0 amide bonds. The predicted octanol–water partition coefficient (Wildman–Crippen LogP) is 4.38. The van der Waals surface area contributed by atoms with Crippen molar-refractivity contribution in [3.63, 3.8) is 0 Å². The summed E-state index contributed by atoms with van der Waals surface area (Å²) in [6.07, 6.45) is 2.25. The molecule has 32 heavy (non-hydrogen) atoms. The molecule has 1 fully saturated rings. The molecule has 1 aliphatic heterocycles. The Morgan fingerprint density at radius 3 is 2.81 bits per heavy atom. The summed E-state index contributed by atoms with van der Waals surface area (Å²) in [4.78, 5) is 32.6. The Morgan fingerprint density at radius 2 is 2.06 bits per heavy atom. The van der Waals surface area contributed by atoms with Crippen molar-refractivity contribution < 1.29 is 9.53 Å². The number of aromatic nitrogens is 2. The molecule has 2 aromatic carbocycles. The number of ether oxygens (including phenoxy) is 1. The molecule has 3 aromatic rings. The van der Waals surface area contributed by atoms with Crippen molar-refractivity contribution >= 4 is 28.4 Å². The van der Waals surface area contributed by atoms with E-state index >= 15 is 0 Å². The molecule has 1 aliphatic rings. The maximum Gasteiger partial charge on any atom is 0.262 e. The van der Waals surface area contributed by atoms with Gasteiger partial charge in [0.1, 0.15) is 5.75 Å². The molecule has 4 rings (SSSR count). The van der Waals surface area contributed by atoms with Gasteiger partial charge in [-0.1, -0.05) is 30.8 Å². The van der Waals surface area contributed by atoms with Crippen LogP contribution < -0.4 is 10.3 Å². The zero-order valence-electron chi connectivity index (χ0n) is 18.8. The number of likely N-dealkylation sites (N-methyl/N-ethyl adjacent to an activating group) is 1. The third-order valence-electron chi connectivity index (χ3n) is 6.17. The molecule has 0 spiro atoms. The monoisotopic (exact) mass is 451 g/mol. The minimum Gasteiger partial charge on any atom is -0.496 e. The molecule has 0 bridgehead atoms. The first kappa shape index (κ1) is 22.6. The highest BCUT2D eigenvalue weighted by Crippen LogP contribution is 2.29. The lowest BCUT2D eigenvalue weighted by atomic mass is 10.1. The van der Waals surface area contributed by atoms with Crippen LogP contribution in [0.25, 0.3) is 10.9 Å². The maximum atomic E-state index is 13.4. The number of ketones is 1. The van der Waals surface area contributed by atoms with Gasteiger partial charge in [0.25, 0.3) is 5.56 Å². The van der Waals surface area contributed by atoms with Gasteiger partial charge in [0.2, 0.25) is 0 Å². The van der Waals surface area contributed by atoms with Crippen LogP contribution in [0.3, 0.4) is 0 Å². The van der Waals surface area contributed by atoms with Gasteiger partial charge in [0.05, 0.1) is 18.0 Å². The second-order valence-electron chi connectivity index (χ2n) is 8.12. The predicted molar refractivity (Wildman–Crippen MR) is 129 cm³/mol. The van der Waals surface area contributed by atoms with Gasteiger partial charge in [-0.15, -0.1) is 0 Å². The highest BCUT2D eigenvalue weighted by atomic mass is 32.2. The first-order chi connectivity index (χ1) is 15.5. The van der Waals surface area contributed by atoms with E-state index in [9.17, 15) is 9.59 Å². The van der Waals surface area contributed by atoms with Crippen LogP contribution in [-0.4, -0.2) is 46.5 Å². The lowest BCUT2D eigenvalue weighted by Crippen LogP contribution is -2.37. The Kier molecular flexibility index (Phi) is 6.96. The van der Waals surface area contributed by atoms with E-state index in [4.69, 9.17) is 9.72 Å². The summed E-state index contributed by atoms with van der Waals surface area (Å²) in [7, 11) is 1.63. The molecule has 168 valence electrons. The van der Waals surface area contributed by atoms with Crippen LogP contribution in [0, 0.1) is 0 Å². The van der Waals surface area contributed by atoms with Gasteiger partial charge in [0.15, 0.2) is 10.9 Å². The molecule has 0 radical (unpaired) electrons. The van der Waals surface area contributed by atoms with E-state index in [2.05, 4.69) is 11.8 Å². The van der Waals surface area contributed by atoms with E-state index in [0.717, 1.165) is 37.2 Å². The summed E-state index contributed by atoms with van der Waals surface area (Å²) in [5.74, 6) is 1.29. The van der Waals surface area contributed by atoms with Crippen LogP contribution in [0.1, 0.15) is 42.6 Å². The number of likely N-dealkylation sites (tertiary alicyclic amines) is 1. The fraction of sp³-hybridized carbons (Fsp3) is 0.400. The largest absolute Gasteiger partial charge is 0.496 e. The third-order valence-corrected chi connectivity index (χ3v) is 7.19. The summed E-state index contributed by atoms with van der Waals surface area (Å²) in [5.41, 5.74) is 2.27. The van der Waals surface area contributed by atoms with Crippen LogP contribution in [0.4, 0.5) is 0 Å². The number of carbonyl (C=O) groups excluding carboxylic acids is 1. The molecule has 1 unspecified atom stereocenters. The standard InChI is InChI=1S/C25H29N3O3S/c1-4-27-13-7-8-20(27)15-28-24(30)21-9-5-6-10-22(21)26-25(28)32-16-19-14-18(17(2)29)11-12-23(19)31-3/h5-6,9-12,14,20H,4,7-8,13,15-16H2,1-3H3. The van der Waals surface area contributed by atoms with Gasteiger partial charge in [-0.25, -0.2) is 4.98 Å². The normalized spacial score (nSPS) is 16.5. The number of methoxy groups -OCH3 is 1. The van der Waals surface area contributed by atoms with E-state index in [0.29, 0.717) is 40.0 Å². The zero-order chi connectivity index (χ0) is 22.7. The third kappa shape index (κ3) is 4.59. The van der Waals surface area contributed by atoms with Crippen molar-refractivity contribution in [1.82, 2.24) is 14.5 Å². The summed E-state index contributed by atoms with van der Waals surface area (Å²) in [6, 6.07) is 13.3. The average molecular weight is 452 g/mol. The average Bonchev–Trinajstić information content (AvgIpc) is 3.26. The second-order valence-corrected chi connectivity index (χ2v) is 9.07. The van der Waals surface area contributed by atoms with Gasteiger partial charge < -0.3 is 4.74 Å². The number of nitrogens with zero attached hydrogens (tertiary/aromatic N) is 3. The van der Waals surface area contributed by atoms with Crippen molar-refractivity contribution in [1.29, 1.82) is 0 Å². The Bertz CT molecular complexity index is 1190. The van der Waals surface area contributed by atoms with Crippen molar-refractivity contribution in [2.45, 2.75) is 50.2 Å². The molecule has 1 aromatic heterocycles. The molecular weight excluding hydrogens is 422 g/mol. The fourth-order valence-electron chi connectivity index (χ4n) is 4.40. The minimum atomic E-state index is 0.00510. The molecule has 1 saturated heterocycles. The first-order valence-corrected chi connectivity index (χ1v) is 12.0. The number of thioether (sulfide) groups is 1. The lowest BCUT2D eigenvalue weighted by Gasteiger charge is -2.24. The van der Waals surface area contributed by atoms with Gasteiger partial charge in [0, 0.05) is 29.5 Å². The van der Waals surface area contributed by atoms with Gasteiger partial charge in [-0.3, -0.25) is 19.1 Å². The summed E-state index contributed by atoms with van der Waals surface area (Å²) >= 11 is 1.51. The van der Waals surface area contributed by atoms with E-state index in [-0.39, 0.29) is 11.3 Å². The Hall–Kier alpha value is -2.64. The van der Waals surface area contributed by atoms with Gasteiger partial charge >= 0.3 is 0 Å². The van der Waals surface area contributed by atoms with Crippen LogP contribution in [0.15, 0.2) is 52.4 Å². The summed E-state index contributed by atoms with van der Waals surface area (Å²) in [6.45, 7) is 6.43. The van der Waals surface area contributed by atoms with Crippen molar-refractivity contribution in [3.8, 4) is 5.75 Å². The molecule has 0 N–H and O–H groups in total. The summed E-state index contributed by atoms with van der Waals surface area (Å²) in [5, 5.41) is 1.35. The van der Waals surface area contributed by atoms with E-state index in [1.54, 1.807) is 20.1 Å².